The molecule has 2 aliphatic heterocycles. The first-order valence-corrected chi connectivity index (χ1v) is 10.2. The van der Waals surface area contributed by atoms with Crippen molar-refractivity contribution in [3.05, 3.63) is 23.3 Å². The molecule has 3 saturated carbocycles. The van der Waals surface area contributed by atoms with Crippen LogP contribution in [0, 0.1) is 11.3 Å². The van der Waals surface area contributed by atoms with Gasteiger partial charge in [-0.3, -0.25) is 4.79 Å². The number of benzene rings is 1. The number of carbonyl (C=O) groups excluding carboxylic acids is 1. The van der Waals surface area contributed by atoms with Gasteiger partial charge in [-0.15, -0.1) is 0 Å². The molecule has 4 fully saturated rings. The van der Waals surface area contributed by atoms with Crippen molar-refractivity contribution in [2.45, 2.75) is 62.2 Å². The van der Waals surface area contributed by atoms with Crippen LogP contribution in [-0.4, -0.2) is 54.2 Å². The van der Waals surface area contributed by atoms with E-state index < -0.39 is 5.60 Å². The number of methoxy groups -OCH3 is 1. The Morgan fingerprint density at radius 1 is 1.33 bits per heavy atom. The minimum atomic E-state index is -0.589. The fourth-order valence-electron chi connectivity index (χ4n) is 8.15. The van der Waals surface area contributed by atoms with E-state index >= 15 is 0 Å². The largest absolute Gasteiger partial charge is 0.504 e. The number of nitrogens with zero attached hydrogens (tertiary/aromatic N) is 1. The van der Waals surface area contributed by atoms with Gasteiger partial charge in [0.1, 0.15) is 17.5 Å². The third-order valence-corrected chi connectivity index (χ3v) is 9.12. The van der Waals surface area contributed by atoms with Gasteiger partial charge in [0, 0.05) is 29.5 Å². The first-order valence-electron chi connectivity index (χ1n) is 10.2. The van der Waals surface area contributed by atoms with E-state index in [-0.39, 0.29) is 34.4 Å². The Hall–Kier alpha value is -1.59. The van der Waals surface area contributed by atoms with E-state index in [4.69, 9.17) is 9.47 Å². The van der Waals surface area contributed by atoms with Crippen LogP contribution in [-0.2, 0) is 21.4 Å². The zero-order valence-electron chi connectivity index (χ0n) is 16.2. The summed E-state index contributed by atoms with van der Waals surface area (Å²) < 4.78 is 12.8. The fourth-order valence-corrected chi connectivity index (χ4v) is 8.15. The minimum absolute atomic E-state index is 0.0212. The van der Waals surface area contributed by atoms with E-state index in [0.717, 1.165) is 38.6 Å². The van der Waals surface area contributed by atoms with Gasteiger partial charge in [-0.2, -0.15) is 0 Å². The Balaban J connectivity index is 1.70. The molecule has 6 unspecified atom stereocenters. The summed E-state index contributed by atoms with van der Waals surface area (Å²) in [5, 5.41) is 10.6. The van der Waals surface area contributed by atoms with E-state index in [1.807, 2.05) is 0 Å². The number of fused-ring (bicyclic) bond motifs is 2. The second-order valence-electron chi connectivity index (χ2n) is 9.55. The van der Waals surface area contributed by atoms with Gasteiger partial charge in [-0.25, -0.2) is 0 Å². The number of hydrogen-bond donors (Lipinski definition) is 1. The van der Waals surface area contributed by atoms with Crippen LogP contribution in [0.1, 0.15) is 43.7 Å². The number of Topliss-reactive ketones (excluding diaryl/α,β-unsaturated/α-hetero) is 1. The molecule has 7 rings (SSSR count). The molecule has 1 aromatic carbocycles. The van der Waals surface area contributed by atoms with Crippen molar-refractivity contribution in [1.29, 1.82) is 0 Å². The van der Waals surface area contributed by atoms with Crippen molar-refractivity contribution in [3.8, 4) is 11.5 Å². The molecular weight excluding hydrogens is 342 g/mol. The number of hydrogen-bond acceptors (Lipinski definition) is 5. The number of likely N-dealkylation sites (tertiary alicyclic amines) is 1. The average Bonchev–Trinajstić information content (AvgIpc) is 3.03. The van der Waals surface area contributed by atoms with Crippen molar-refractivity contribution in [2.24, 2.45) is 11.3 Å². The van der Waals surface area contributed by atoms with Crippen LogP contribution in [0.4, 0.5) is 0 Å². The molecule has 1 N–H and O–H groups in total. The molecule has 2 heterocycles. The summed E-state index contributed by atoms with van der Waals surface area (Å²) in [5.41, 5.74) is 1.83. The zero-order valence-corrected chi connectivity index (χ0v) is 16.2. The van der Waals surface area contributed by atoms with Crippen molar-refractivity contribution < 1.29 is 19.4 Å². The summed E-state index contributed by atoms with van der Waals surface area (Å²) in [5.74, 6) is 0.968. The Morgan fingerprint density at radius 2 is 2.15 bits per heavy atom. The maximum atomic E-state index is 12.8. The summed E-state index contributed by atoms with van der Waals surface area (Å²) in [6.45, 7) is 2.73. The van der Waals surface area contributed by atoms with Crippen LogP contribution in [0.5, 0.6) is 11.5 Å². The van der Waals surface area contributed by atoms with E-state index in [2.05, 4.69) is 18.0 Å². The summed E-state index contributed by atoms with van der Waals surface area (Å²) in [6.07, 6.45) is 4.58. The summed E-state index contributed by atoms with van der Waals surface area (Å²) in [6, 6.07) is 4.28. The molecule has 4 bridgehead atoms. The lowest BCUT2D eigenvalue weighted by Crippen LogP contribution is -2.81. The lowest BCUT2D eigenvalue weighted by molar-refractivity contribution is -0.270. The van der Waals surface area contributed by atoms with Gasteiger partial charge in [0.25, 0.3) is 0 Å². The van der Waals surface area contributed by atoms with Gasteiger partial charge in [0.15, 0.2) is 11.5 Å². The Kier molecular flexibility index (Phi) is 2.84. The molecule has 4 aliphatic carbocycles. The number of carbonyl (C=O) groups is 1. The van der Waals surface area contributed by atoms with Gasteiger partial charge in [0.2, 0.25) is 0 Å². The normalized spacial score (nSPS) is 46.1. The molecule has 0 aromatic heterocycles. The van der Waals surface area contributed by atoms with Crippen LogP contribution in [0.3, 0.4) is 0 Å². The number of ketones is 1. The second-order valence-corrected chi connectivity index (χ2v) is 9.55. The van der Waals surface area contributed by atoms with Crippen molar-refractivity contribution in [2.75, 3.05) is 20.7 Å². The smallest absolute Gasteiger partial charge is 0.165 e. The molecule has 0 radical (unpaired) electrons. The van der Waals surface area contributed by atoms with E-state index in [9.17, 15) is 9.90 Å². The Labute approximate surface area is 159 Å². The van der Waals surface area contributed by atoms with Gasteiger partial charge < -0.3 is 19.5 Å². The average molecular weight is 369 g/mol. The molecule has 27 heavy (non-hydrogen) atoms. The van der Waals surface area contributed by atoms with Crippen LogP contribution >= 0.6 is 0 Å². The van der Waals surface area contributed by atoms with Crippen LogP contribution < -0.4 is 4.74 Å². The molecule has 1 aromatic rings. The van der Waals surface area contributed by atoms with Crippen molar-refractivity contribution >= 4 is 5.78 Å². The lowest BCUT2D eigenvalue weighted by atomic mass is 9.34. The number of ether oxygens (including phenoxy) is 2. The van der Waals surface area contributed by atoms with Gasteiger partial charge >= 0.3 is 0 Å². The molecular formula is C22H27NO4. The third kappa shape index (κ3) is 1.47. The summed E-state index contributed by atoms with van der Waals surface area (Å²) >= 11 is 0. The maximum absolute atomic E-state index is 12.8. The number of aromatic hydroxyl groups is 1. The van der Waals surface area contributed by atoms with Gasteiger partial charge in [-0.1, -0.05) is 6.07 Å². The van der Waals surface area contributed by atoms with Crippen LogP contribution in [0.25, 0.3) is 0 Å². The number of phenols is 1. The van der Waals surface area contributed by atoms with E-state index in [1.165, 1.54) is 11.1 Å². The number of likely N-dealkylation sites (N-methyl/N-ethyl adjacent to an activating group) is 1. The topological polar surface area (TPSA) is 59.0 Å². The monoisotopic (exact) mass is 369 g/mol. The Bertz CT molecular complexity index is 883. The quantitative estimate of drug-likeness (QED) is 0.868. The first-order chi connectivity index (χ1) is 12.9. The third-order valence-electron chi connectivity index (χ3n) is 9.12. The molecule has 6 aliphatic rings. The minimum Gasteiger partial charge on any atom is -0.504 e. The molecule has 6 atom stereocenters. The number of piperidine rings is 1. The maximum Gasteiger partial charge on any atom is 0.165 e. The van der Waals surface area contributed by atoms with Gasteiger partial charge in [-0.05, 0) is 64.3 Å². The molecule has 0 amide bonds. The fraction of sp³-hybridized carbons (Fsp3) is 0.682. The molecule has 2 spiro atoms. The highest BCUT2D eigenvalue weighted by Crippen LogP contribution is 2.76. The standard InChI is InChI=1S/C22H27NO4/c1-12(24)14-11-20-6-7-22(14,26-3)19-21(20)8-9-23(2)16(20)10-13-4-5-15(25)18(27-19)17(13)21/h4-5,14,16,19,25H,6-11H2,1-3H3. The highest BCUT2D eigenvalue weighted by molar-refractivity contribution is 5.81. The predicted octanol–water partition coefficient (Wildman–Crippen LogP) is 2.43. The summed E-state index contributed by atoms with van der Waals surface area (Å²) in [7, 11) is 3.98. The first kappa shape index (κ1) is 16.4. The van der Waals surface area contributed by atoms with E-state index in [1.54, 1.807) is 20.1 Å². The van der Waals surface area contributed by atoms with Gasteiger partial charge in [0.05, 0.1) is 5.92 Å². The van der Waals surface area contributed by atoms with Crippen LogP contribution in [0.15, 0.2) is 12.1 Å². The summed E-state index contributed by atoms with van der Waals surface area (Å²) in [4.78, 5) is 15.3. The number of phenolic OH excluding ortho intramolecular Hbond substituents is 1. The zero-order chi connectivity index (χ0) is 18.8. The van der Waals surface area contributed by atoms with Crippen molar-refractivity contribution in [1.82, 2.24) is 4.90 Å². The Morgan fingerprint density at radius 3 is 2.89 bits per heavy atom. The molecule has 1 saturated heterocycles. The molecule has 5 nitrogen and oxygen atoms in total. The second kappa shape index (κ2) is 4.69. The van der Waals surface area contributed by atoms with E-state index in [0.29, 0.717) is 11.8 Å². The highest BCUT2D eigenvalue weighted by Gasteiger charge is 2.80. The predicted molar refractivity (Wildman–Crippen MR) is 99.1 cm³/mol. The van der Waals surface area contributed by atoms with Crippen LogP contribution in [0.2, 0.25) is 0 Å². The highest BCUT2D eigenvalue weighted by atomic mass is 16.6. The lowest BCUT2D eigenvalue weighted by Gasteiger charge is -2.73. The number of rotatable bonds is 2. The molecule has 144 valence electrons. The molecule has 5 heteroatoms. The van der Waals surface area contributed by atoms with Crippen molar-refractivity contribution in [3.63, 3.8) is 0 Å². The SMILES string of the molecule is COC12CCC3(CC1C(C)=O)C1Cc4ccc(O)c5c4C3(CCN1C)C2O5.